The Labute approximate surface area is 144 Å². The van der Waals surface area contributed by atoms with Crippen molar-refractivity contribution in [2.75, 3.05) is 56.2 Å². The van der Waals surface area contributed by atoms with Gasteiger partial charge in [0.15, 0.2) is 0 Å². The summed E-state index contributed by atoms with van der Waals surface area (Å²) >= 11 is 0. The first-order valence-electron chi connectivity index (χ1n) is 8.51. The Morgan fingerprint density at radius 1 is 1.12 bits per heavy atom. The van der Waals surface area contributed by atoms with Crippen molar-refractivity contribution in [2.45, 2.75) is 19.0 Å². The Morgan fingerprint density at radius 2 is 1.80 bits per heavy atom. The lowest BCUT2D eigenvalue weighted by molar-refractivity contribution is -0.137. The third-order valence-electron chi connectivity index (χ3n) is 4.56. The molecule has 3 rings (SSSR count). The number of morpholine rings is 1. The molecule has 2 aliphatic heterocycles. The van der Waals surface area contributed by atoms with Crippen molar-refractivity contribution in [1.29, 1.82) is 0 Å². The van der Waals surface area contributed by atoms with Crippen molar-refractivity contribution in [3.05, 3.63) is 23.8 Å². The second-order valence-corrected chi connectivity index (χ2v) is 6.27. The molecule has 0 aromatic heterocycles. The maximum Gasteiger partial charge on any atom is 0.416 e. The Hall–Kier alpha value is -1.96. The molecule has 138 valence electrons. The molecule has 5 nitrogen and oxygen atoms in total. The Bertz CT molecular complexity index is 610. The van der Waals surface area contributed by atoms with E-state index in [1.165, 1.54) is 6.07 Å². The van der Waals surface area contributed by atoms with Crippen LogP contribution in [0.2, 0.25) is 0 Å². The maximum absolute atomic E-state index is 13.0. The molecule has 0 spiro atoms. The fourth-order valence-corrected chi connectivity index (χ4v) is 3.18. The lowest BCUT2D eigenvalue weighted by Gasteiger charge is -2.28. The summed E-state index contributed by atoms with van der Waals surface area (Å²) in [5, 5.41) is 2.93. The third kappa shape index (κ3) is 4.36. The number of nitrogens with one attached hydrogen (secondary N) is 1. The minimum Gasteiger partial charge on any atom is -0.378 e. The van der Waals surface area contributed by atoms with E-state index in [1.807, 2.05) is 0 Å². The number of amides is 1. The molecular weight excluding hydrogens is 335 g/mol. The Morgan fingerprint density at radius 3 is 2.44 bits per heavy atom. The highest BCUT2D eigenvalue weighted by Crippen LogP contribution is 2.36. The van der Waals surface area contributed by atoms with Gasteiger partial charge in [-0.15, -0.1) is 0 Å². The molecule has 8 heteroatoms. The summed E-state index contributed by atoms with van der Waals surface area (Å²) in [5.74, 6) is -0.131. The summed E-state index contributed by atoms with van der Waals surface area (Å²) in [6.45, 7) is 3.63. The summed E-state index contributed by atoms with van der Waals surface area (Å²) < 4.78 is 44.3. The SMILES string of the molecule is O=C(CNc1cc(C(F)(F)F)ccc1N1CCCC1)N1CCOCC1. The molecule has 25 heavy (non-hydrogen) atoms. The molecule has 0 atom stereocenters. The molecule has 0 radical (unpaired) electrons. The van der Waals surface area contributed by atoms with Crippen molar-refractivity contribution in [1.82, 2.24) is 4.90 Å². The van der Waals surface area contributed by atoms with Gasteiger partial charge in [-0.2, -0.15) is 13.2 Å². The summed E-state index contributed by atoms with van der Waals surface area (Å²) in [6, 6.07) is 3.69. The van der Waals surface area contributed by atoms with E-state index in [9.17, 15) is 18.0 Å². The van der Waals surface area contributed by atoms with Crippen LogP contribution in [0.1, 0.15) is 18.4 Å². The van der Waals surface area contributed by atoms with E-state index in [4.69, 9.17) is 4.74 Å². The summed E-state index contributed by atoms with van der Waals surface area (Å²) in [5.41, 5.74) is 0.371. The van der Waals surface area contributed by atoms with Gasteiger partial charge in [0.25, 0.3) is 0 Å². The lowest BCUT2D eigenvalue weighted by Crippen LogP contribution is -2.43. The Balaban J connectivity index is 1.75. The zero-order valence-corrected chi connectivity index (χ0v) is 13.9. The first-order valence-corrected chi connectivity index (χ1v) is 8.51. The predicted octanol–water partition coefficient (Wildman–Crippen LogP) is 2.58. The minimum absolute atomic E-state index is 0.0256. The maximum atomic E-state index is 13.0. The number of hydrogen-bond donors (Lipinski definition) is 1. The second kappa shape index (κ2) is 7.51. The van der Waals surface area contributed by atoms with E-state index in [0.29, 0.717) is 32.0 Å². The van der Waals surface area contributed by atoms with Gasteiger partial charge in [-0.1, -0.05) is 0 Å². The molecular formula is C17H22F3N3O2. The standard InChI is InChI=1S/C17H22F3N3O2/c18-17(19,20)13-3-4-15(22-5-1-2-6-22)14(11-13)21-12-16(24)23-7-9-25-10-8-23/h3-4,11,21H,1-2,5-10,12H2. The van der Waals surface area contributed by atoms with E-state index < -0.39 is 11.7 Å². The topological polar surface area (TPSA) is 44.8 Å². The van der Waals surface area contributed by atoms with E-state index in [2.05, 4.69) is 10.2 Å². The minimum atomic E-state index is -4.41. The fraction of sp³-hybridized carbons (Fsp3) is 0.588. The van der Waals surface area contributed by atoms with Gasteiger partial charge in [-0.3, -0.25) is 4.79 Å². The lowest BCUT2D eigenvalue weighted by atomic mass is 10.1. The molecule has 2 saturated heterocycles. The van der Waals surface area contributed by atoms with E-state index in [0.717, 1.165) is 43.8 Å². The monoisotopic (exact) mass is 357 g/mol. The molecule has 0 saturated carbocycles. The number of alkyl halides is 3. The van der Waals surface area contributed by atoms with E-state index in [-0.39, 0.29) is 12.5 Å². The van der Waals surface area contributed by atoms with Crippen LogP contribution in [-0.4, -0.2) is 56.7 Å². The van der Waals surface area contributed by atoms with Crippen LogP contribution in [0, 0.1) is 0 Å². The molecule has 1 aromatic rings. The number of rotatable bonds is 4. The number of hydrogen-bond acceptors (Lipinski definition) is 4. The van der Waals surface area contributed by atoms with Crippen LogP contribution in [0.4, 0.5) is 24.5 Å². The molecule has 1 aromatic carbocycles. The van der Waals surface area contributed by atoms with Gasteiger partial charge in [0.1, 0.15) is 0 Å². The molecule has 2 heterocycles. The normalized spacial score (nSPS) is 18.5. The number of carbonyl (C=O) groups excluding carboxylic acids is 1. The fourth-order valence-electron chi connectivity index (χ4n) is 3.18. The number of benzene rings is 1. The van der Waals surface area contributed by atoms with Gasteiger partial charge >= 0.3 is 6.18 Å². The molecule has 2 fully saturated rings. The number of ether oxygens (including phenoxy) is 1. The smallest absolute Gasteiger partial charge is 0.378 e. The molecule has 0 unspecified atom stereocenters. The number of nitrogens with zero attached hydrogens (tertiary/aromatic N) is 2. The van der Waals surface area contributed by atoms with Gasteiger partial charge in [0.05, 0.1) is 36.7 Å². The zero-order valence-electron chi connectivity index (χ0n) is 13.9. The highest BCUT2D eigenvalue weighted by molar-refractivity contribution is 5.83. The highest BCUT2D eigenvalue weighted by atomic mass is 19.4. The molecule has 0 bridgehead atoms. The third-order valence-corrected chi connectivity index (χ3v) is 4.56. The predicted molar refractivity (Wildman–Crippen MR) is 88.8 cm³/mol. The number of anilines is 2. The van der Waals surface area contributed by atoms with E-state index in [1.54, 1.807) is 4.90 Å². The van der Waals surface area contributed by atoms with Crippen LogP contribution in [0.5, 0.6) is 0 Å². The van der Waals surface area contributed by atoms with Crippen molar-refractivity contribution < 1.29 is 22.7 Å². The van der Waals surface area contributed by atoms with Crippen LogP contribution in [-0.2, 0) is 15.7 Å². The van der Waals surface area contributed by atoms with Gasteiger partial charge in [0, 0.05) is 26.2 Å². The quantitative estimate of drug-likeness (QED) is 0.900. The van der Waals surface area contributed by atoms with Gasteiger partial charge < -0.3 is 19.9 Å². The summed E-state index contributed by atoms with van der Waals surface area (Å²) in [6.07, 6.45) is -2.37. The van der Waals surface area contributed by atoms with Gasteiger partial charge in [-0.05, 0) is 31.0 Å². The first kappa shape index (κ1) is 17.8. The average molecular weight is 357 g/mol. The van der Waals surface area contributed by atoms with Crippen molar-refractivity contribution in [3.8, 4) is 0 Å². The van der Waals surface area contributed by atoms with Gasteiger partial charge in [-0.25, -0.2) is 0 Å². The van der Waals surface area contributed by atoms with Crippen LogP contribution < -0.4 is 10.2 Å². The largest absolute Gasteiger partial charge is 0.416 e. The Kier molecular flexibility index (Phi) is 5.36. The second-order valence-electron chi connectivity index (χ2n) is 6.27. The van der Waals surface area contributed by atoms with Crippen molar-refractivity contribution in [2.24, 2.45) is 0 Å². The van der Waals surface area contributed by atoms with E-state index >= 15 is 0 Å². The molecule has 1 N–H and O–H groups in total. The number of carbonyl (C=O) groups is 1. The van der Waals surface area contributed by atoms with Crippen molar-refractivity contribution >= 4 is 17.3 Å². The summed E-state index contributed by atoms with van der Waals surface area (Å²) in [7, 11) is 0. The first-order chi connectivity index (χ1) is 11.9. The van der Waals surface area contributed by atoms with Crippen LogP contribution >= 0.6 is 0 Å². The highest BCUT2D eigenvalue weighted by Gasteiger charge is 2.32. The zero-order chi connectivity index (χ0) is 17.9. The van der Waals surface area contributed by atoms with Crippen LogP contribution in [0.25, 0.3) is 0 Å². The molecule has 1 amide bonds. The van der Waals surface area contributed by atoms with Gasteiger partial charge in [0.2, 0.25) is 5.91 Å². The number of halogens is 3. The molecule has 0 aliphatic carbocycles. The van der Waals surface area contributed by atoms with Crippen LogP contribution in [0.15, 0.2) is 18.2 Å². The van der Waals surface area contributed by atoms with Crippen LogP contribution in [0.3, 0.4) is 0 Å². The molecule has 2 aliphatic rings. The average Bonchev–Trinajstić information content (AvgIpc) is 3.14. The summed E-state index contributed by atoms with van der Waals surface area (Å²) in [4.78, 5) is 16.0. The van der Waals surface area contributed by atoms with Crippen molar-refractivity contribution in [3.63, 3.8) is 0 Å².